The Hall–Kier alpha value is -3.60. The molecule has 174 valence electrons. The van der Waals surface area contributed by atoms with Gasteiger partial charge in [-0.2, -0.15) is 0 Å². The molecule has 2 heterocycles. The summed E-state index contributed by atoms with van der Waals surface area (Å²) in [7, 11) is 0. The molecule has 4 aromatic rings. The lowest BCUT2D eigenvalue weighted by Crippen LogP contribution is -2.52. The number of hydrogen-bond donors (Lipinski definition) is 1. The summed E-state index contributed by atoms with van der Waals surface area (Å²) in [4.78, 5) is 17.5. The maximum atomic E-state index is 12.5. The quantitative estimate of drug-likeness (QED) is 0.366. The first-order valence-electron chi connectivity index (χ1n) is 11.9. The number of hydrogen-bond acceptors (Lipinski definition) is 3. The second-order valence-corrected chi connectivity index (χ2v) is 10.2. The third-order valence-corrected chi connectivity index (χ3v) is 6.47. The van der Waals surface area contributed by atoms with Crippen molar-refractivity contribution in [1.29, 1.82) is 0 Å². The molecule has 0 spiro atoms. The van der Waals surface area contributed by atoms with Crippen LogP contribution in [-0.2, 0) is 10.3 Å². The minimum Gasteiger partial charge on any atom is -0.444 e. The van der Waals surface area contributed by atoms with Crippen LogP contribution in [0.4, 0.5) is 4.79 Å². The fourth-order valence-corrected chi connectivity index (χ4v) is 4.69. The van der Waals surface area contributed by atoms with E-state index in [1.165, 1.54) is 5.56 Å². The van der Waals surface area contributed by atoms with Gasteiger partial charge < -0.3 is 10.1 Å². The predicted octanol–water partition coefficient (Wildman–Crippen LogP) is 6.88. The van der Waals surface area contributed by atoms with E-state index in [0.717, 1.165) is 53.0 Å². The average Bonchev–Trinajstić information content (AvgIpc) is 3.14. The zero-order valence-corrected chi connectivity index (χ0v) is 20.3. The molecule has 1 N–H and O–H groups in total. The monoisotopic (exact) mass is 453 g/mol. The van der Waals surface area contributed by atoms with Crippen LogP contribution in [0.5, 0.6) is 0 Å². The van der Waals surface area contributed by atoms with Crippen molar-refractivity contribution in [1.82, 2.24) is 14.7 Å². The van der Waals surface area contributed by atoms with Crippen LogP contribution >= 0.6 is 0 Å². The number of ether oxygens (including phenoxy) is 1. The van der Waals surface area contributed by atoms with Gasteiger partial charge in [0.05, 0.1) is 16.9 Å². The van der Waals surface area contributed by atoms with E-state index in [1.807, 2.05) is 26.8 Å². The number of fused-ring (bicyclic) bond motifs is 1. The Morgan fingerprint density at radius 3 is 2.29 bits per heavy atom. The first-order valence-corrected chi connectivity index (χ1v) is 11.9. The maximum Gasteiger partial charge on any atom is 0.408 e. The third-order valence-electron chi connectivity index (χ3n) is 6.47. The number of aryl methyl sites for hydroxylation is 1. The Bertz CT molecular complexity index is 1330. The number of rotatable bonds is 4. The number of nitrogens with zero attached hydrogens (tertiary/aromatic N) is 2. The molecule has 2 aromatic heterocycles. The molecule has 0 radical (unpaired) electrons. The number of carbonyl (C=O) groups is 1. The molecule has 0 bridgehead atoms. The first kappa shape index (κ1) is 22.2. The molecule has 1 fully saturated rings. The summed E-state index contributed by atoms with van der Waals surface area (Å²) in [5.74, 6) is 0. The minimum absolute atomic E-state index is 0.362. The van der Waals surface area contributed by atoms with Gasteiger partial charge in [-0.15, -0.1) is 0 Å². The van der Waals surface area contributed by atoms with Crippen LogP contribution in [0.2, 0.25) is 0 Å². The molecule has 0 saturated heterocycles. The predicted molar refractivity (Wildman–Crippen MR) is 136 cm³/mol. The fraction of sp³-hybridized carbons (Fsp3) is 0.310. The highest BCUT2D eigenvalue weighted by atomic mass is 16.6. The van der Waals surface area contributed by atoms with Crippen molar-refractivity contribution in [3.8, 4) is 22.5 Å². The number of pyridine rings is 1. The van der Waals surface area contributed by atoms with Crippen molar-refractivity contribution in [2.24, 2.45) is 0 Å². The van der Waals surface area contributed by atoms with E-state index in [0.29, 0.717) is 0 Å². The molecular formula is C29H31N3O2. The maximum absolute atomic E-state index is 12.5. The van der Waals surface area contributed by atoms with Crippen molar-refractivity contribution in [2.45, 2.75) is 58.1 Å². The zero-order chi connectivity index (χ0) is 23.9. The molecule has 5 nitrogen and oxygen atoms in total. The molecular weight excluding hydrogens is 422 g/mol. The van der Waals surface area contributed by atoms with Gasteiger partial charge in [0.25, 0.3) is 0 Å². The molecule has 34 heavy (non-hydrogen) atoms. The lowest BCUT2D eigenvalue weighted by Gasteiger charge is -2.43. The smallest absolute Gasteiger partial charge is 0.408 e. The van der Waals surface area contributed by atoms with Gasteiger partial charge in [-0.05, 0) is 64.2 Å². The number of benzene rings is 2. The second kappa shape index (κ2) is 8.32. The lowest BCUT2D eigenvalue weighted by molar-refractivity contribution is 0.0377. The molecule has 1 aliphatic rings. The average molecular weight is 454 g/mol. The second-order valence-electron chi connectivity index (χ2n) is 10.2. The molecule has 0 aliphatic heterocycles. The Labute approximate surface area is 200 Å². The SMILES string of the molecule is Cc1ccc2nc(-c3ccc(C4(NC(=O)OC(C)(C)C)CCC4)cc3)c(-c3ccccc3)n2c1. The van der Waals surface area contributed by atoms with Gasteiger partial charge in [-0.1, -0.05) is 60.7 Å². The van der Waals surface area contributed by atoms with Crippen molar-refractivity contribution in [3.05, 3.63) is 84.1 Å². The molecule has 0 unspecified atom stereocenters. The normalized spacial score (nSPS) is 15.1. The first-order chi connectivity index (χ1) is 16.2. The molecule has 1 aliphatic carbocycles. The summed E-state index contributed by atoms with van der Waals surface area (Å²) in [5.41, 5.74) is 6.54. The standard InChI is InChI=1S/C29H31N3O2/c1-20-11-16-24-30-25(26(32(24)19-20)22-9-6-5-7-10-22)21-12-14-23(15-13-21)29(17-8-18-29)31-27(33)34-28(2,3)4/h5-7,9-16,19H,8,17-18H2,1-4H3,(H,31,33). The summed E-state index contributed by atoms with van der Waals surface area (Å²) in [6.07, 6.45) is 4.68. The zero-order valence-electron chi connectivity index (χ0n) is 20.3. The number of carbonyl (C=O) groups excluding carboxylic acids is 1. The van der Waals surface area contributed by atoms with Gasteiger partial charge >= 0.3 is 6.09 Å². The van der Waals surface area contributed by atoms with E-state index >= 15 is 0 Å². The molecule has 0 atom stereocenters. The number of amides is 1. The van der Waals surface area contributed by atoms with Gasteiger partial charge in [0.1, 0.15) is 11.2 Å². The number of nitrogens with one attached hydrogen (secondary N) is 1. The minimum atomic E-state index is -0.520. The van der Waals surface area contributed by atoms with E-state index < -0.39 is 5.60 Å². The number of imidazole rings is 1. The highest BCUT2D eigenvalue weighted by molar-refractivity contribution is 5.82. The highest BCUT2D eigenvalue weighted by Crippen LogP contribution is 2.42. The molecule has 5 heteroatoms. The van der Waals surface area contributed by atoms with Crippen LogP contribution < -0.4 is 5.32 Å². The Morgan fingerprint density at radius 1 is 0.971 bits per heavy atom. The van der Waals surface area contributed by atoms with Gasteiger partial charge in [0, 0.05) is 17.3 Å². The lowest BCUT2D eigenvalue weighted by atomic mass is 9.71. The van der Waals surface area contributed by atoms with Crippen molar-refractivity contribution in [2.75, 3.05) is 0 Å². The van der Waals surface area contributed by atoms with Crippen LogP contribution in [0.3, 0.4) is 0 Å². The van der Waals surface area contributed by atoms with Crippen molar-refractivity contribution in [3.63, 3.8) is 0 Å². The van der Waals surface area contributed by atoms with Crippen molar-refractivity contribution >= 4 is 11.7 Å². The van der Waals surface area contributed by atoms with Crippen LogP contribution in [0, 0.1) is 6.92 Å². The summed E-state index contributed by atoms with van der Waals surface area (Å²) < 4.78 is 7.70. The summed E-state index contributed by atoms with van der Waals surface area (Å²) >= 11 is 0. The summed E-state index contributed by atoms with van der Waals surface area (Å²) in [6, 6.07) is 23.0. The number of aromatic nitrogens is 2. The van der Waals surface area contributed by atoms with E-state index in [2.05, 4.69) is 83.5 Å². The van der Waals surface area contributed by atoms with Gasteiger partial charge in [0.15, 0.2) is 0 Å². The third kappa shape index (κ3) is 4.18. The van der Waals surface area contributed by atoms with Crippen LogP contribution in [0.1, 0.15) is 51.2 Å². The topological polar surface area (TPSA) is 55.6 Å². The number of alkyl carbamates (subject to hydrolysis) is 1. The van der Waals surface area contributed by atoms with Gasteiger partial charge in [-0.3, -0.25) is 4.40 Å². The molecule has 2 aromatic carbocycles. The fourth-order valence-electron chi connectivity index (χ4n) is 4.69. The van der Waals surface area contributed by atoms with Crippen molar-refractivity contribution < 1.29 is 9.53 Å². The van der Waals surface area contributed by atoms with Crippen LogP contribution in [0.15, 0.2) is 72.9 Å². The van der Waals surface area contributed by atoms with E-state index in [1.54, 1.807) is 0 Å². The van der Waals surface area contributed by atoms with E-state index in [4.69, 9.17) is 9.72 Å². The Balaban J connectivity index is 1.52. The van der Waals surface area contributed by atoms with E-state index in [9.17, 15) is 4.79 Å². The highest BCUT2D eigenvalue weighted by Gasteiger charge is 2.41. The largest absolute Gasteiger partial charge is 0.444 e. The molecule has 5 rings (SSSR count). The van der Waals surface area contributed by atoms with Crippen LogP contribution in [0.25, 0.3) is 28.2 Å². The Kier molecular flexibility index (Phi) is 5.43. The molecule has 1 amide bonds. The molecule has 1 saturated carbocycles. The summed E-state index contributed by atoms with van der Waals surface area (Å²) in [5, 5.41) is 3.15. The Morgan fingerprint density at radius 2 is 1.68 bits per heavy atom. The summed E-state index contributed by atoms with van der Waals surface area (Å²) in [6.45, 7) is 7.75. The van der Waals surface area contributed by atoms with Crippen LogP contribution in [-0.4, -0.2) is 21.1 Å². The van der Waals surface area contributed by atoms with E-state index in [-0.39, 0.29) is 11.6 Å². The van der Waals surface area contributed by atoms with Gasteiger partial charge in [0.2, 0.25) is 0 Å². The van der Waals surface area contributed by atoms with Gasteiger partial charge in [-0.25, -0.2) is 9.78 Å².